The summed E-state index contributed by atoms with van der Waals surface area (Å²) in [7, 11) is 3.13. The topological polar surface area (TPSA) is 69.2 Å². The zero-order chi connectivity index (χ0) is 19.8. The molecule has 0 aliphatic rings. The Morgan fingerprint density at radius 2 is 1.74 bits per heavy atom. The van der Waals surface area contributed by atoms with Crippen molar-refractivity contribution < 1.29 is 19.0 Å². The van der Waals surface area contributed by atoms with E-state index in [0.29, 0.717) is 23.8 Å². The molecule has 2 aromatic carbocycles. The SMILES string of the molecule is CCOC(=O)Cc1cc(OC)c(OC)cc1/C(C)=N/Nc1ccc(Br)cc1. The van der Waals surface area contributed by atoms with E-state index in [0.717, 1.165) is 21.3 Å². The summed E-state index contributed by atoms with van der Waals surface area (Å²) in [6.45, 7) is 3.98. The zero-order valence-corrected chi connectivity index (χ0v) is 17.4. The third-order valence-electron chi connectivity index (χ3n) is 3.84. The molecule has 0 atom stereocenters. The van der Waals surface area contributed by atoms with E-state index in [4.69, 9.17) is 14.2 Å². The molecular weight excluding hydrogens is 412 g/mol. The minimum Gasteiger partial charge on any atom is -0.493 e. The molecule has 27 heavy (non-hydrogen) atoms. The highest BCUT2D eigenvalue weighted by atomic mass is 79.9. The van der Waals surface area contributed by atoms with Crippen LogP contribution in [0.15, 0.2) is 46.0 Å². The molecule has 0 radical (unpaired) electrons. The minimum atomic E-state index is -0.306. The molecule has 0 amide bonds. The van der Waals surface area contributed by atoms with Crippen molar-refractivity contribution in [1.82, 2.24) is 0 Å². The van der Waals surface area contributed by atoms with Crippen molar-refractivity contribution in [3.05, 3.63) is 52.0 Å². The van der Waals surface area contributed by atoms with Gasteiger partial charge in [-0.05, 0) is 55.8 Å². The second-order valence-corrected chi connectivity index (χ2v) is 6.58. The maximum atomic E-state index is 12.0. The summed E-state index contributed by atoms with van der Waals surface area (Å²) >= 11 is 3.40. The predicted molar refractivity (Wildman–Crippen MR) is 110 cm³/mol. The van der Waals surface area contributed by atoms with Gasteiger partial charge in [0, 0.05) is 10.0 Å². The van der Waals surface area contributed by atoms with Crippen molar-refractivity contribution >= 4 is 33.3 Å². The molecule has 6 nitrogen and oxygen atoms in total. The lowest BCUT2D eigenvalue weighted by Crippen LogP contribution is -2.12. The Balaban J connectivity index is 2.36. The molecule has 0 unspecified atom stereocenters. The number of carbonyl (C=O) groups is 1. The molecule has 2 aromatic rings. The summed E-state index contributed by atoms with van der Waals surface area (Å²) < 4.78 is 16.8. The third kappa shape index (κ3) is 5.72. The second-order valence-electron chi connectivity index (χ2n) is 5.66. The number of hydrogen-bond acceptors (Lipinski definition) is 6. The highest BCUT2D eigenvalue weighted by Gasteiger charge is 2.16. The van der Waals surface area contributed by atoms with Gasteiger partial charge in [0.1, 0.15) is 0 Å². The van der Waals surface area contributed by atoms with Gasteiger partial charge in [0.25, 0.3) is 0 Å². The van der Waals surface area contributed by atoms with E-state index in [2.05, 4.69) is 26.5 Å². The van der Waals surface area contributed by atoms with E-state index >= 15 is 0 Å². The number of methoxy groups -OCH3 is 2. The van der Waals surface area contributed by atoms with Crippen molar-refractivity contribution in [3.8, 4) is 11.5 Å². The number of hydrogen-bond donors (Lipinski definition) is 1. The van der Waals surface area contributed by atoms with Crippen LogP contribution in [-0.2, 0) is 16.0 Å². The molecule has 2 rings (SSSR count). The molecule has 1 N–H and O–H groups in total. The smallest absolute Gasteiger partial charge is 0.310 e. The highest BCUT2D eigenvalue weighted by Crippen LogP contribution is 2.31. The van der Waals surface area contributed by atoms with Crippen LogP contribution in [0.5, 0.6) is 11.5 Å². The fraction of sp³-hybridized carbons (Fsp3) is 0.300. The molecule has 0 aliphatic carbocycles. The van der Waals surface area contributed by atoms with Crippen LogP contribution in [0.2, 0.25) is 0 Å². The first-order valence-electron chi connectivity index (χ1n) is 8.45. The third-order valence-corrected chi connectivity index (χ3v) is 4.36. The van der Waals surface area contributed by atoms with Crippen LogP contribution >= 0.6 is 15.9 Å². The van der Waals surface area contributed by atoms with Crippen LogP contribution in [0, 0.1) is 0 Å². The molecule has 0 saturated carbocycles. The van der Waals surface area contributed by atoms with Gasteiger partial charge < -0.3 is 14.2 Å². The Morgan fingerprint density at radius 3 is 2.33 bits per heavy atom. The second kappa shape index (κ2) is 9.97. The van der Waals surface area contributed by atoms with Gasteiger partial charge in [0.05, 0.1) is 38.6 Å². The molecule has 0 spiro atoms. The van der Waals surface area contributed by atoms with Gasteiger partial charge in [-0.2, -0.15) is 5.10 Å². The number of anilines is 1. The van der Waals surface area contributed by atoms with Crippen LogP contribution in [0.1, 0.15) is 25.0 Å². The van der Waals surface area contributed by atoms with Crippen LogP contribution in [-0.4, -0.2) is 32.5 Å². The molecule has 7 heteroatoms. The Labute approximate surface area is 167 Å². The number of rotatable bonds is 8. The lowest BCUT2D eigenvalue weighted by molar-refractivity contribution is -0.142. The summed E-state index contributed by atoms with van der Waals surface area (Å²) in [4.78, 5) is 12.0. The van der Waals surface area contributed by atoms with E-state index in [1.165, 1.54) is 0 Å². The number of ether oxygens (including phenoxy) is 3. The number of hydrazone groups is 1. The van der Waals surface area contributed by atoms with E-state index in [1.54, 1.807) is 27.2 Å². The van der Waals surface area contributed by atoms with E-state index in [9.17, 15) is 4.79 Å². The first kappa shape index (κ1) is 20.8. The maximum Gasteiger partial charge on any atom is 0.310 e. The quantitative estimate of drug-likeness (QED) is 0.378. The Morgan fingerprint density at radius 1 is 1.11 bits per heavy atom. The number of nitrogens with zero attached hydrogens (tertiary/aromatic N) is 1. The van der Waals surface area contributed by atoms with Crippen LogP contribution in [0.3, 0.4) is 0 Å². The standard InChI is InChI=1S/C20H23BrN2O4/c1-5-27-20(24)11-14-10-18(25-3)19(26-4)12-17(14)13(2)22-23-16-8-6-15(21)7-9-16/h6-10,12,23H,5,11H2,1-4H3/b22-13+. The molecular formula is C20H23BrN2O4. The Bertz CT molecular complexity index is 819. The van der Waals surface area contributed by atoms with E-state index < -0.39 is 0 Å². The first-order valence-corrected chi connectivity index (χ1v) is 9.24. The van der Waals surface area contributed by atoms with E-state index in [1.807, 2.05) is 37.3 Å². The van der Waals surface area contributed by atoms with Gasteiger partial charge in [-0.3, -0.25) is 10.2 Å². The van der Waals surface area contributed by atoms with Crippen LogP contribution < -0.4 is 14.9 Å². The van der Waals surface area contributed by atoms with E-state index in [-0.39, 0.29) is 12.4 Å². The van der Waals surface area contributed by atoms with Gasteiger partial charge in [0.2, 0.25) is 0 Å². The van der Waals surface area contributed by atoms with Gasteiger partial charge in [-0.15, -0.1) is 0 Å². The van der Waals surface area contributed by atoms with Crippen LogP contribution in [0.25, 0.3) is 0 Å². The number of benzene rings is 2. The monoisotopic (exact) mass is 434 g/mol. The number of nitrogens with one attached hydrogen (secondary N) is 1. The van der Waals surface area contributed by atoms with Crippen molar-refractivity contribution in [3.63, 3.8) is 0 Å². The Hall–Kier alpha value is -2.54. The molecule has 0 saturated heterocycles. The molecule has 144 valence electrons. The summed E-state index contributed by atoms with van der Waals surface area (Å²) in [5.74, 6) is 0.812. The number of esters is 1. The average Bonchev–Trinajstić information content (AvgIpc) is 2.67. The minimum absolute atomic E-state index is 0.120. The summed E-state index contributed by atoms with van der Waals surface area (Å²) in [5, 5.41) is 4.44. The number of carbonyl (C=O) groups excluding carboxylic acids is 1. The molecule has 0 aliphatic heterocycles. The predicted octanol–water partition coefficient (Wildman–Crippen LogP) is 4.41. The van der Waals surface area contributed by atoms with Gasteiger partial charge in [-0.25, -0.2) is 0 Å². The molecule has 0 bridgehead atoms. The largest absolute Gasteiger partial charge is 0.493 e. The van der Waals surface area contributed by atoms with Crippen LogP contribution in [0.4, 0.5) is 5.69 Å². The lowest BCUT2D eigenvalue weighted by Gasteiger charge is -2.15. The van der Waals surface area contributed by atoms with Crippen molar-refractivity contribution in [2.45, 2.75) is 20.3 Å². The Kier molecular flexibility index (Phi) is 7.67. The first-order chi connectivity index (χ1) is 13.0. The summed E-state index contributed by atoms with van der Waals surface area (Å²) in [6, 6.07) is 11.3. The lowest BCUT2D eigenvalue weighted by atomic mass is 10.00. The summed E-state index contributed by atoms with van der Waals surface area (Å²) in [6.07, 6.45) is 0.120. The van der Waals surface area contributed by atoms with Crippen molar-refractivity contribution in [1.29, 1.82) is 0 Å². The fourth-order valence-electron chi connectivity index (χ4n) is 2.50. The van der Waals surface area contributed by atoms with Crippen molar-refractivity contribution in [2.75, 3.05) is 26.3 Å². The highest BCUT2D eigenvalue weighted by molar-refractivity contribution is 9.10. The van der Waals surface area contributed by atoms with Gasteiger partial charge >= 0.3 is 5.97 Å². The normalized spacial score (nSPS) is 11.1. The summed E-state index contributed by atoms with van der Waals surface area (Å²) in [5.41, 5.74) is 6.12. The molecule has 0 heterocycles. The molecule has 0 aromatic heterocycles. The van der Waals surface area contributed by atoms with Gasteiger partial charge in [-0.1, -0.05) is 15.9 Å². The number of halogens is 1. The average molecular weight is 435 g/mol. The molecule has 0 fully saturated rings. The van der Waals surface area contributed by atoms with Crippen molar-refractivity contribution in [2.24, 2.45) is 5.10 Å². The maximum absolute atomic E-state index is 12.0. The zero-order valence-electron chi connectivity index (χ0n) is 15.8. The fourth-order valence-corrected chi connectivity index (χ4v) is 2.77. The van der Waals surface area contributed by atoms with Gasteiger partial charge in [0.15, 0.2) is 11.5 Å².